The van der Waals surface area contributed by atoms with E-state index in [9.17, 15) is 4.79 Å². The maximum atomic E-state index is 12.8. The van der Waals surface area contributed by atoms with Crippen molar-refractivity contribution in [2.75, 3.05) is 20.2 Å². The molecule has 1 aliphatic heterocycles. The zero-order valence-corrected chi connectivity index (χ0v) is 12.7. The molecule has 1 N–H and O–H groups in total. The Hall–Kier alpha value is -2.41. The predicted molar refractivity (Wildman–Crippen MR) is 80.2 cm³/mol. The fraction of sp³-hybridized carbons (Fsp3) is 0.400. The third kappa shape index (κ3) is 2.94. The standard InChI is InChI=1S/C15H19N5O2/c1-19(9-11-10-20(2)18-17-11)15(21)14-12-5-3-4-6-13(12)22-8-7-16-14/h3-6,10,14,16H,7-9H2,1-2H3. The van der Waals surface area contributed by atoms with Gasteiger partial charge in [0, 0.05) is 32.4 Å². The molecule has 7 heteroatoms. The molecule has 0 spiro atoms. The van der Waals surface area contributed by atoms with Crippen LogP contribution in [0.1, 0.15) is 17.3 Å². The molecule has 0 fully saturated rings. The second-order valence-corrected chi connectivity index (χ2v) is 5.35. The van der Waals surface area contributed by atoms with Crippen molar-refractivity contribution in [3.63, 3.8) is 0 Å². The maximum Gasteiger partial charge on any atom is 0.244 e. The number of aryl methyl sites for hydroxylation is 1. The molecule has 116 valence electrons. The van der Waals surface area contributed by atoms with Gasteiger partial charge in [-0.15, -0.1) is 5.10 Å². The normalized spacial score (nSPS) is 17.3. The Kier molecular flexibility index (Phi) is 4.06. The summed E-state index contributed by atoms with van der Waals surface area (Å²) < 4.78 is 7.30. The lowest BCUT2D eigenvalue weighted by atomic mass is 10.0. The number of aromatic nitrogens is 3. The van der Waals surface area contributed by atoms with Gasteiger partial charge >= 0.3 is 0 Å². The average Bonchev–Trinajstić information content (AvgIpc) is 2.81. The first kappa shape index (κ1) is 14.5. The lowest BCUT2D eigenvalue weighted by molar-refractivity contribution is -0.132. The molecule has 0 bridgehead atoms. The van der Waals surface area contributed by atoms with Crippen LogP contribution in [-0.2, 0) is 18.4 Å². The van der Waals surface area contributed by atoms with E-state index in [1.807, 2.05) is 24.3 Å². The Morgan fingerprint density at radius 2 is 2.32 bits per heavy atom. The number of ether oxygens (including phenoxy) is 1. The molecule has 22 heavy (non-hydrogen) atoms. The number of hydrogen-bond donors (Lipinski definition) is 1. The molecule has 1 aliphatic rings. The average molecular weight is 301 g/mol. The minimum Gasteiger partial charge on any atom is -0.492 e. The van der Waals surface area contributed by atoms with Crippen LogP contribution in [0.5, 0.6) is 5.75 Å². The van der Waals surface area contributed by atoms with Crippen LogP contribution in [0.4, 0.5) is 0 Å². The minimum atomic E-state index is -0.402. The van der Waals surface area contributed by atoms with Crippen molar-refractivity contribution in [3.05, 3.63) is 41.7 Å². The third-order valence-corrected chi connectivity index (χ3v) is 3.61. The number of para-hydroxylation sites is 1. The van der Waals surface area contributed by atoms with Crippen LogP contribution in [0.2, 0.25) is 0 Å². The SMILES string of the molecule is CN(Cc1cn(C)nn1)C(=O)C1NCCOc2ccccc21. The smallest absolute Gasteiger partial charge is 0.244 e. The van der Waals surface area contributed by atoms with E-state index in [2.05, 4.69) is 15.6 Å². The van der Waals surface area contributed by atoms with Crippen LogP contribution in [0, 0.1) is 0 Å². The van der Waals surface area contributed by atoms with E-state index >= 15 is 0 Å². The molecule has 2 aromatic rings. The van der Waals surface area contributed by atoms with E-state index in [4.69, 9.17) is 4.74 Å². The van der Waals surface area contributed by atoms with Crippen LogP contribution >= 0.6 is 0 Å². The second-order valence-electron chi connectivity index (χ2n) is 5.35. The van der Waals surface area contributed by atoms with Crippen molar-refractivity contribution in [1.82, 2.24) is 25.2 Å². The highest BCUT2D eigenvalue weighted by molar-refractivity contribution is 5.84. The topological polar surface area (TPSA) is 72.3 Å². The van der Waals surface area contributed by atoms with Gasteiger partial charge in [0.25, 0.3) is 0 Å². The number of rotatable bonds is 3. The van der Waals surface area contributed by atoms with Crippen LogP contribution < -0.4 is 10.1 Å². The summed E-state index contributed by atoms with van der Waals surface area (Å²) in [6, 6.07) is 7.24. The number of carbonyl (C=O) groups excluding carboxylic acids is 1. The van der Waals surface area contributed by atoms with Gasteiger partial charge in [-0.25, -0.2) is 0 Å². The summed E-state index contributed by atoms with van der Waals surface area (Å²) in [6.07, 6.45) is 1.81. The summed E-state index contributed by atoms with van der Waals surface area (Å²) in [6.45, 7) is 1.60. The number of nitrogens with zero attached hydrogens (tertiary/aromatic N) is 4. The van der Waals surface area contributed by atoms with Gasteiger partial charge in [-0.2, -0.15) is 0 Å². The number of fused-ring (bicyclic) bond motifs is 1. The summed E-state index contributed by atoms with van der Waals surface area (Å²) in [5.41, 5.74) is 1.63. The summed E-state index contributed by atoms with van der Waals surface area (Å²) in [7, 11) is 3.58. The van der Waals surface area contributed by atoms with E-state index in [0.29, 0.717) is 19.7 Å². The molecule has 1 aromatic heterocycles. The van der Waals surface area contributed by atoms with Crippen molar-refractivity contribution in [3.8, 4) is 5.75 Å². The Balaban J connectivity index is 1.79. The predicted octanol–water partition coefficient (Wildman–Crippen LogP) is 0.497. The molecule has 1 amide bonds. The Labute approximate surface area is 128 Å². The highest BCUT2D eigenvalue weighted by Gasteiger charge is 2.28. The van der Waals surface area contributed by atoms with Gasteiger partial charge in [0.05, 0.1) is 6.54 Å². The van der Waals surface area contributed by atoms with Crippen LogP contribution in [-0.4, -0.2) is 46.0 Å². The van der Waals surface area contributed by atoms with Gasteiger partial charge in [0.15, 0.2) is 0 Å². The molecular formula is C15H19N5O2. The van der Waals surface area contributed by atoms with Gasteiger partial charge in [0.1, 0.15) is 24.1 Å². The van der Waals surface area contributed by atoms with Gasteiger partial charge in [-0.3, -0.25) is 14.8 Å². The van der Waals surface area contributed by atoms with Crippen molar-refractivity contribution in [1.29, 1.82) is 0 Å². The number of nitrogens with one attached hydrogen (secondary N) is 1. The van der Waals surface area contributed by atoms with Crippen molar-refractivity contribution < 1.29 is 9.53 Å². The Bertz CT molecular complexity index is 669. The third-order valence-electron chi connectivity index (χ3n) is 3.61. The number of hydrogen-bond acceptors (Lipinski definition) is 5. The number of benzene rings is 1. The largest absolute Gasteiger partial charge is 0.492 e. The molecule has 0 saturated heterocycles. The van der Waals surface area contributed by atoms with Gasteiger partial charge < -0.3 is 9.64 Å². The van der Waals surface area contributed by atoms with Crippen LogP contribution in [0.25, 0.3) is 0 Å². The molecular weight excluding hydrogens is 282 g/mol. The molecule has 0 aliphatic carbocycles. The first-order valence-corrected chi connectivity index (χ1v) is 7.20. The van der Waals surface area contributed by atoms with E-state index in [-0.39, 0.29) is 5.91 Å². The lowest BCUT2D eigenvalue weighted by Gasteiger charge is -2.23. The van der Waals surface area contributed by atoms with Gasteiger partial charge in [-0.05, 0) is 6.07 Å². The molecule has 7 nitrogen and oxygen atoms in total. The highest BCUT2D eigenvalue weighted by atomic mass is 16.5. The molecule has 3 rings (SSSR count). The first-order chi connectivity index (χ1) is 10.6. The number of likely N-dealkylation sites (N-methyl/N-ethyl adjacent to an activating group) is 1. The van der Waals surface area contributed by atoms with E-state index in [0.717, 1.165) is 17.0 Å². The minimum absolute atomic E-state index is 0.0106. The molecule has 0 radical (unpaired) electrons. The van der Waals surface area contributed by atoms with E-state index in [1.165, 1.54) is 0 Å². The van der Waals surface area contributed by atoms with E-state index in [1.54, 1.807) is 29.9 Å². The highest BCUT2D eigenvalue weighted by Crippen LogP contribution is 2.28. The molecule has 1 atom stereocenters. The summed E-state index contributed by atoms with van der Waals surface area (Å²) >= 11 is 0. The van der Waals surface area contributed by atoms with Crippen LogP contribution in [0.3, 0.4) is 0 Å². The fourth-order valence-corrected chi connectivity index (χ4v) is 2.55. The quantitative estimate of drug-likeness (QED) is 0.893. The second kappa shape index (κ2) is 6.15. The Morgan fingerprint density at radius 1 is 1.50 bits per heavy atom. The first-order valence-electron chi connectivity index (χ1n) is 7.20. The monoisotopic (exact) mass is 301 g/mol. The van der Waals surface area contributed by atoms with Crippen molar-refractivity contribution in [2.24, 2.45) is 7.05 Å². The van der Waals surface area contributed by atoms with Crippen molar-refractivity contribution in [2.45, 2.75) is 12.6 Å². The lowest BCUT2D eigenvalue weighted by Crippen LogP contribution is -2.38. The van der Waals surface area contributed by atoms with Crippen molar-refractivity contribution >= 4 is 5.91 Å². The maximum absolute atomic E-state index is 12.8. The molecule has 1 aromatic carbocycles. The summed E-state index contributed by atoms with van der Waals surface area (Å²) in [5.74, 6) is 0.752. The van der Waals surface area contributed by atoms with E-state index < -0.39 is 6.04 Å². The number of carbonyl (C=O) groups is 1. The molecule has 2 heterocycles. The summed E-state index contributed by atoms with van der Waals surface area (Å²) in [4.78, 5) is 14.4. The molecule has 1 unspecified atom stereocenters. The van der Waals surface area contributed by atoms with Gasteiger partial charge in [0.2, 0.25) is 5.91 Å². The fourth-order valence-electron chi connectivity index (χ4n) is 2.55. The summed E-state index contributed by atoms with van der Waals surface area (Å²) in [5, 5.41) is 11.2. The zero-order chi connectivity index (χ0) is 15.5. The van der Waals surface area contributed by atoms with Gasteiger partial charge in [-0.1, -0.05) is 23.4 Å². The Morgan fingerprint density at radius 3 is 3.09 bits per heavy atom. The zero-order valence-electron chi connectivity index (χ0n) is 12.7. The number of amides is 1. The molecule has 0 saturated carbocycles. The van der Waals surface area contributed by atoms with Crippen LogP contribution in [0.15, 0.2) is 30.5 Å².